The zero-order valence-corrected chi connectivity index (χ0v) is 13.0. The maximum Gasteiger partial charge on any atom is 0.139 e. The molecule has 0 aromatic heterocycles. The largest absolute Gasteiger partial charge is 0.496 e. The molecule has 5 nitrogen and oxygen atoms in total. The first-order chi connectivity index (χ1) is 8.58. The first kappa shape index (κ1) is 15.1. The molecule has 0 saturated heterocycles. The average molecular weight is 382 g/mol. The van der Waals surface area contributed by atoms with Crippen LogP contribution in [0.25, 0.3) is 0 Å². The van der Waals surface area contributed by atoms with E-state index in [2.05, 4.69) is 37.0 Å². The fraction of sp³-hybridized carbons (Fsp3) is 0.364. The molecular formula is C11H14Br2N2O3. The summed E-state index contributed by atoms with van der Waals surface area (Å²) in [7, 11) is 1.60. The molecule has 3 N–H and O–H groups in total. The van der Waals surface area contributed by atoms with Crippen LogP contribution in [0.3, 0.4) is 0 Å². The van der Waals surface area contributed by atoms with E-state index >= 15 is 0 Å². The minimum absolute atomic E-state index is 0.202. The van der Waals surface area contributed by atoms with Crippen LogP contribution in [0.5, 0.6) is 11.5 Å². The van der Waals surface area contributed by atoms with E-state index in [4.69, 9.17) is 20.4 Å². The molecule has 1 aromatic carbocycles. The lowest BCUT2D eigenvalue weighted by Gasteiger charge is -2.11. The number of hydrogen-bond donors (Lipinski definition) is 2. The minimum atomic E-state index is 0.202. The van der Waals surface area contributed by atoms with Gasteiger partial charge in [-0.2, -0.15) is 0 Å². The van der Waals surface area contributed by atoms with E-state index in [0.29, 0.717) is 25.2 Å². The van der Waals surface area contributed by atoms with Crippen molar-refractivity contribution < 1.29 is 14.7 Å². The summed E-state index contributed by atoms with van der Waals surface area (Å²) in [6.45, 7) is 0.480. The molecule has 1 rings (SSSR count). The molecule has 0 bridgehead atoms. The van der Waals surface area contributed by atoms with E-state index in [1.54, 1.807) is 7.11 Å². The van der Waals surface area contributed by atoms with Gasteiger partial charge in [-0.05, 0) is 50.4 Å². The molecule has 0 saturated carbocycles. The first-order valence-electron chi connectivity index (χ1n) is 5.20. The van der Waals surface area contributed by atoms with E-state index in [-0.39, 0.29) is 5.84 Å². The lowest BCUT2D eigenvalue weighted by atomic mass is 10.3. The van der Waals surface area contributed by atoms with E-state index in [9.17, 15) is 0 Å². The number of ether oxygens (including phenoxy) is 2. The highest BCUT2D eigenvalue weighted by Gasteiger charge is 2.08. The number of oxime groups is 1. The van der Waals surface area contributed by atoms with Gasteiger partial charge in [0.25, 0.3) is 0 Å². The second-order valence-corrected chi connectivity index (χ2v) is 5.17. The number of nitrogens with two attached hydrogens (primary N) is 1. The number of hydrogen-bond acceptors (Lipinski definition) is 4. The highest BCUT2D eigenvalue weighted by Crippen LogP contribution is 2.35. The summed E-state index contributed by atoms with van der Waals surface area (Å²) in [5.74, 6) is 1.64. The number of amidine groups is 1. The van der Waals surface area contributed by atoms with E-state index < -0.39 is 0 Å². The number of rotatable bonds is 6. The van der Waals surface area contributed by atoms with Gasteiger partial charge in [0.1, 0.15) is 17.3 Å². The van der Waals surface area contributed by atoms with Gasteiger partial charge in [-0.25, -0.2) is 0 Å². The molecule has 0 fully saturated rings. The molecule has 18 heavy (non-hydrogen) atoms. The molecule has 0 amide bonds. The minimum Gasteiger partial charge on any atom is -0.496 e. The van der Waals surface area contributed by atoms with Crippen LogP contribution >= 0.6 is 31.9 Å². The molecule has 0 aliphatic carbocycles. The molecule has 0 spiro atoms. The van der Waals surface area contributed by atoms with E-state index in [0.717, 1.165) is 14.7 Å². The SMILES string of the molecule is COc1cc(Br)c(OCCCC(N)=NO)cc1Br. The number of benzene rings is 1. The Morgan fingerprint density at radius 1 is 1.33 bits per heavy atom. The van der Waals surface area contributed by atoms with Gasteiger partial charge in [-0.1, -0.05) is 5.16 Å². The fourth-order valence-corrected chi connectivity index (χ4v) is 2.18. The van der Waals surface area contributed by atoms with Crippen molar-refractivity contribution in [1.29, 1.82) is 0 Å². The van der Waals surface area contributed by atoms with E-state index in [1.165, 1.54) is 0 Å². The Morgan fingerprint density at radius 2 is 1.94 bits per heavy atom. The third kappa shape index (κ3) is 4.38. The molecule has 0 radical (unpaired) electrons. The Kier molecular flexibility index (Phi) is 6.28. The molecule has 100 valence electrons. The van der Waals surface area contributed by atoms with Gasteiger partial charge in [0.2, 0.25) is 0 Å². The molecule has 0 atom stereocenters. The second kappa shape index (κ2) is 7.48. The van der Waals surface area contributed by atoms with Crippen molar-refractivity contribution in [3.63, 3.8) is 0 Å². The Balaban J connectivity index is 2.55. The van der Waals surface area contributed by atoms with Gasteiger partial charge in [0.05, 0.1) is 22.7 Å². The second-order valence-electron chi connectivity index (χ2n) is 3.46. The zero-order valence-electron chi connectivity index (χ0n) is 9.82. The number of nitrogens with zero attached hydrogens (tertiary/aromatic N) is 1. The van der Waals surface area contributed by atoms with Crippen LogP contribution in [-0.4, -0.2) is 24.8 Å². The zero-order chi connectivity index (χ0) is 13.5. The van der Waals surface area contributed by atoms with Crippen molar-refractivity contribution in [3.05, 3.63) is 21.1 Å². The van der Waals surface area contributed by atoms with Crippen LogP contribution in [0, 0.1) is 0 Å². The summed E-state index contributed by atoms with van der Waals surface area (Å²) in [5.41, 5.74) is 5.36. The predicted octanol–water partition coefficient (Wildman–Crippen LogP) is 3.13. The van der Waals surface area contributed by atoms with Crippen molar-refractivity contribution in [3.8, 4) is 11.5 Å². The highest BCUT2D eigenvalue weighted by molar-refractivity contribution is 9.11. The standard InChI is InChI=1S/C11H14Br2N2O3/c1-17-9-5-8(13)10(6-7(9)12)18-4-2-3-11(14)15-16/h5-6,16H,2-4H2,1H3,(H2,14,15). The van der Waals surface area contributed by atoms with Gasteiger partial charge in [0.15, 0.2) is 0 Å². The summed E-state index contributed by atoms with van der Waals surface area (Å²) in [6.07, 6.45) is 1.16. The maximum absolute atomic E-state index is 8.38. The molecule has 0 aliphatic heterocycles. The lowest BCUT2D eigenvalue weighted by molar-refractivity contribution is 0.303. The highest BCUT2D eigenvalue weighted by atomic mass is 79.9. The molecule has 0 unspecified atom stereocenters. The number of methoxy groups -OCH3 is 1. The fourth-order valence-electron chi connectivity index (χ4n) is 1.26. The maximum atomic E-state index is 8.38. The van der Waals surface area contributed by atoms with Crippen LogP contribution in [0.15, 0.2) is 26.2 Å². The molecule has 1 aromatic rings. The van der Waals surface area contributed by atoms with Crippen molar-refractivity contribution in [2.75, 3.05) is 13.7 Å². The van der Waals surface area contributed by atoms with Gasteiger partial charge < -0.3 is 20.4 Å². The summed E-state index contributed by atoms with van der Waals surface area (Å²) < 4.78 is 12.4. The van der Waals surface area contributed by atoms with Crippen molar-refractivity contribution in [1.82, 2.24) is 0 Å². The molecular weight excluding hydrogens is 368 g/mol. The average Bonchev–Trinajstić information content (AvgIpc) is 2.37. The lowest BCUT2D eigenvalue weighted by Crippen LogP contribution is -2.12. The summed E-state index contributed by atoms with van der Waals surface area (Å²) >= 11 is 6.79. The van der Waals surface area contributed by atoms with Gasteiger partial charge in [0, 0.05) is 6.42 Å². The van der Waals surface area contributed by atoms with Gasteiger partial charge >= 0.3 is 0 Å². The molecule has 0 heterocycles. The Bertz CT molecular complexity index is 439. The van der Waals surface area contributed by atoms with Crippen molar-refractivity contribution >= 4 is 37.7 Å². The topological polar surface area (TPSA) is 77.1 Å². The normalized spacial score (nSPS) is 11.4. The first-order valence-corrected chi connectivity index (χ1v) is 6.79. The van der Waals surface area contributed by atoms with Crippen LogP contribution in [-0.2, 0) is 0 Å². The van der Waals surface area contributed by atoms with Gasteiger partial charge in [-0.3, -0.25) is 0 Å². The van der Waals surface area contributed by atoms with Crippen LogP contribution < -0.4 is 15.2 Å². The quantitative estimate of drug-likeness (QED) is 0.261. The monoisotopic (exact) mass is 380 g/mol. The Labute approximate surface area is 122 Å². The van der Waals surface area contributed by atoms with Crippen LogP contribution in [0.1, 0.15) is 12.8 Å². The third-order valence-corrected chi connectivity index (χ3v) is 3.41. The van der Waals surface area contributed by atoms with Crippen molar-refractivity contribution in [2.24, 2.45) is 10.9 Å². The van der Waals surface area contributed by atoms with Crippen molar-refractivity contribution in [2.45, 2.75) is 12.8 Å². The molecule has 0 aliphatic rings. The van der Waals surface area contributed by atoms with Crippen LogP contribution in [0.2, 0.25) is 0 Å². The van der Waals surface area contributed by atoms with E-state index in [1.807, 2.05) is 12.1 Å². The smallest absolute Gasteiger partial charge is 0.139 e. The summed E-state index contributed by atoms with van der Waals surface area (Å²) in [6, 6.07) is 3.65. The summed E-state index contributed by atoms with van der Waals surface area (Å²) in [5, 5.41) is 11.3. The Hall–Kier alpha value is -0.950. The molecule has 7 heteroatoms. The Morgan fingerprint density at radius 3 is 2.56 bits per heavy atom. The van der Waals surface area contributed by atoms with Gasteiger partial charge in [-0.15, -0.1) is 0 Å². The summed E-state index contributed by atoms with van der Waals surface area (Å²) in [4.78, 5) is 0. The van der Waals surface area contributed by atoms with Crippen LogP contribution in [0.4, 0.5) is 0 Å². The third-order valence-electron chi connectivity index (χ3n) is 2.17. The predicted molar refractivity (Wildman–Crippen MR) is 76.5 cm³/mol. The number of halogens is 2.